The molecule has 2 heteroatoms. The molecule has 0 aromatic heterocycles. The van der Waals surface area contributed by atoms with E-state index >= 15 is 0 Å². The Morgan fingerprint density at radius 2 is 1.20 bits per heavy atom. The van der Waals surface area contributed by atoms with Crippen LogP contribution in [0, 0.1) is 11.5 Å². The number of rotatable bonds is 10. The molecule has 0 fully saturated rings. The Kier molecular flexibility index (Phi) is 10.5. The second-order valence-corrected chi connectivity index (χ2v) is 26.7. The number of unbranched alkanes of at least 4 members (excludes halogenated alkanes) is 3. The van der Waals surface area contributed by atoms with Crippen LogP contribution < -0.4 is 3.58 Å². The molecule has 1 rings (SSSR count). The molecule has 1 aromatic rings. The van der Waals surface area contributed by atoms with Crippen LogP contribution in [0.3, 0.4) is 0 Å². The molecule has 0 amide bonds. The Bertz CT molecular complexity index is 520. The van der Waals surface area contributed by atoms with Gasteiger partial charge < -0.3 is 0 Å². The first-order valence-corrected chi connectivity index (χ1v) is 21.5. The average Bonchev–Trinajstić information content (AvgIpc) is 2.59. The molecule has 1 aromatic carbocycles. The fraction of sp³-hybridized carbons (Fsp3) is 0.652. The van der Waals surface area contributed by atoms with E-state index in [9.17, 15) is 0 Å². The predicted molar refractivity (Wildman–Crippen MR) is 121 cm³/mol. The van der Waals surface area contributed by atoms with Crippen molar-refractivity contribution in [1.29, 1.82) is 0 Å². The molecule has 0 aliphatic carbocycles. The Balaban J connectivity index is 3.11. The van der Waals surface area contributed by atoms with Gasteiger partial charge in [0.1, 0.15) is 0 Å². The van der Waals surface area contributed by atoms with Crippen LogP contribution in [-0.2, 0) is 0 Å². The van der Waals surface area contributed by atoms with Crippen LogP contribution in [-0.4, -0.2) is 26.5 Å². The zero-order valence-corrected chi connectivity index (χ0v) is 21.5. The normalized spacial score (nSPS) is 11.9. The van der Waals surface area contributed by atoms with E-state index in [1.54, 1.807) is 16.9 Å². The monoisotopic (exact) mass is 464 g/mol. The summed E-state index contributed by atoms with van der Waals surface area (Å²) in [5.41, 5.74) is 4.72. The van der Waals surface area contributed by atoms with Crippen LogP contribution in [0.15, 0.2) is 24.3 Å². The molecule has 0 bridgehead atoms. The van der Waals surface area contributed by atoms with E-state index in [0.717, 1.165) is 0 Å². The molecule has 0 atom stereocenters. The van der Waals surface area contributed by atoms with Crippen molar-refractivity contribution in [2.24, 2.45) is 0 Å². The van der Waals surface area contributed by atoms with Gasteiger partial charge in [-0.15, -0.1) is 0 Å². The third kappa shape index (κ3) is 8.35. The molecule has 0 radical (unpaired) electrons. The molecule has 140 valence electrons. The van der Waals surface area contributed by atoms with Crippen LogP contribution in [0.4, 0.5) is 0 Å². The van der Waals surface area contributed by atoms with Crippen molar-refractivity contribution < 1.29 is 0 Å². The fourth-order valence-corrected chi connectivity index (χ4v) is 20.0. The summed E-state index contributed by atoms with van der Waals surface area (Å²) in [5.74, 6) is 3.43. The van der Waals surface area contributed by atoms with E-state index in [4.69, 9.17) is 0 Å². The number of benzene rings is 1. The summed E-state index contributed by atoms with van der Waals surface area (Å²) in [5, 5.41) is 0. The quantitative estimate of drug-likeness (QED) is 0.260. The van der Waals surface area contributed by atoms with Gasteiger partial charge in [0, 0.05) is 0 Å². The van der Waals surface area contributed by atoms with Crippen molar-refractivity contribution in [3.8, 4) is 11.5 Å². The van der Waals surface area contributed by atoms with E-state index < -0.39 is 26.5 Å². The van der Waals surface area contributed by atoms with Gasteiger partial charge in [-0.3, -0.25) is 0 Å². The summed E-state index contributed by atoms with van der Waals surface area (Å²) < 4.78 is 6.41. The van der Waals surface area contributed by atoms with Gasteiger partial charge in [-0.05, 0) is 0 Å². The van der Waals surface area contributed by atoms with Gasteiger partial charge in [-0.2, -0.15) is 0 Å². The van der Waals surface area contributed by atoms with Gasteiger partial charge in [0.15, 0.2) is 0 Å². The van der Waals surface area contributed by atoms with Gasteiger partial charge in [-0.1, -0.05) is 0 Å². The second kappa shape index (κ2) is 11.5. The Morgan fingerprint density at radius 3 is 1.56 bits per heavy atom. The summed E-state index contributed by atoms with van der Waals surface area (Å²) in [6, 6.07) is 9.59. The summed E-state index contributed by atoms with van der Waals surface area (Å²) in [4.78, 5) is 0. The Morgan fingerprint density at radius 1 is 0.760 bits per heavy atom. The second-order valence-electron chi connectivity index (χ2n) is 8.67. The van der Waals surface area contributed by atoms with Gasteiger partial charge in [0.2, 0.25) is 0 Å². The maximum absolute atomic E-state index is 3.51. The first kappa shape index (κ1) is 22.8. The van der Waals surface area contributed by atoms with Crippen LogP contribution in [0.1, 0.15) is 64.9 Å². The van der Waals surface area contributed by atoms with Crippen LogP contribution >= 0.6 is 0 Å². The summed E-state index contributed by atoms with van der Waals surface area (Å²) in [7, 11) is -1.29. The third-order valence-electron chi connectivity index (χ3n) is 5.11. The van der Waals surface area contributed by atoms with Crippen LogP contribution in [0.5, 0.6) is 0 Å². The van der Waals surface area contributed by atoms with Gasteiger partial charge in [-0.25, -0.2) is 0 Å². The standard InChI is InChI=1S/C11H13Si.3C4H9.Sn/c1-12(2,3)10-9-11-7-5-4-6-8-11;3*1-3-4-2;/h5-8H,1-3H3;3*1,3-4H2,2H3;. The molecular formula is C23H40SiSn. The Labute approximate surface area is 163 Å². The van der Waals surface area contributed by atoms with E-state index in [2.05, 4.69) is 76.1 Å². The minimum absolute atomic E-state index is 1.22. The average molecular weight is 463 g/mol. The molecule has 0 heterocycles. The van der Waals surface area contributed by atoms with Crippen molar-refractivity contribution >= 4 is 30.0 Å². The molecule has 0 saturated carbocycles. The van der Waals surface area contributed by atoms with E-state index in [1.807, 2.05) is 0 Å². The third-order valence-corrected chi connectivity index (χ3v) is 21.6. The molecule has 0 saturated heterocycles. The predicted octanol–water partition coefficient (Wildman–Crippen LogP) is 6.97. The van der Waals surface area contributed by atoms with E-state index in [-0.39, 0.29) is 0 Å². The minimum atomic E-state index is -2.25. The molecule has 0 unspecified atom stereocenters. The van der Waals surface area contributed by atoms with Crippen molar-refractivity contribution in [2.45, 2.75) is 92.2 Å². The van der Waals surface area contributed by atoms with Gasteiger partial charge in [0.25, 0.3) is 0 Å². The summed E-state index contributed by atoms with van der Waals surface area (Å²) >= 11 is -2.25. The first-order valence-electron chi connectivity index (χ1n) is 10.5. The topological polar surface area (TPSA) is 0 Å². The van der Waals surface area contributed by atoms with Crippen LogP contribution in [0.25, 0.3) is 0 Å². The molecular weight excluding hydrogens is 423 g/mol. The van der Waals surface area contributed by atoms with E-state index in [1.165, 1.54) is 44.1 Å². The first-order chi connectivity index (χ1) is 11.9. The SMILES string of the molecule is CCC[CH2][Sn]([CH2]CCC)([CH2]CCC)[c]1ccc(C#C[Si](C)(C)C)cc1. The van der Waals surface area contributed by atoms with Crippen molar-refractivity contribution in [2.75, 3.05) is 0 Å². The maximum atomic E-state index is 3.51. The Hall–Kier alpha value is -0.204. The molecule has 0 spiro atoms. The summed E-state index contributed by atoms with van der Waals surface area (Å²) in [6.45, 7) is 14.0. The molecule has 0 aliphatic rings. The molecule has 0 nitrogen and oxygen atoms in total. The number of hydrogen-bond donors (Lipinski definition) is 0. The summed E-state index contributed by atoms with van der Waals surface area (Å²) in [6.07, 6.45) is 8.33. The van der Waals surface area contributed by atoms with Crippen LogP contribution in [0.2, 0.25) is 33.0 Å². The molecule has 0 aliphatic heterocycles. The number of hydrogen-bond acceptors (Lipinski definition) is 0. The molecule has 25 heavy (non-hydrogen) atoms. The van der Waals surface area contributed by atoms with Gasteiger partial charge >= 0.3 is 164 Å². The zero-order chi connectivity index (χ0) is 18.8. The van der Waals surface area contributed by atoms with Crippen molar-refractivity contribution in [1.82, 2.24) is 0 Å². The molecule has 0 N–H and O–H groups in total. The zero-order valence-electron chi connectivity index (χ0n) is 17.7. The van der Waals surface area contributed by atoms with Crippen molar-refractivity contribution in [3.63, 3.8) is 0 Å². The van der Waals surface area contributed by atoms with Gasteiger partial charge in [0.05, 0.1) is 0 Å². The van der Waals surface area contributed by atoms with Crippen molar-refractivity contribution in [3.05, 3.63) is 29.8 Å². The van der Waals surface area contributed by atoms with E-state index in [0.29, 0.717) is 0 Å². The fourth-order valence-electron chi connectivity index (χ4n) is 3.52.